The fourth-order valence-electron chi connectivity index (χ4n) is 1.61. The number of aromatic nitrogens is 1. The molecular formula is C16H16ClN3O3. The van der Waals surface area contributed by atoms with Crippen LogP contribution in [0.4, 0.5) is 0 Å². The molecule has 2 N–H and O–H groups in total. The van der Waals surface area contributed by atoms with E-state index in [0.29, 0.717) is 16.3 Å². The quantitative estimate of drug-likeness (QED) is 0.393. The SMILES string of the molecule is CC(C)(Oc1ccc(Cl)cc1)C(=O)ON=C(N)c1cccnc1. The molecule has 120 valence electrons. The van der Waals surface area contributed by atoms with E-state index in [9.17, 15) is 4.79 Å². The average molecular weight is 334 g/mol. The lowest BCUT2D eigenvalue weighted by Gasteiger charge is -2.22. The van der Waals surface area contributed by atoms with Crippen LogP contribution in [-0.2, 0) is 9.63 Å². The van der Waals surface area contributed by atoms with Crippen LogP contribution in [0.2, 0.25) is 5.02 Å². The van der Waals surface area contributed by atoms with Crippen molar-refractivity contribution in [1.82, 2.24) is 4.98 Å². The van der Waals surface area contributed by atoms with E-state index in [0.717, 1.165) is 0 Å². The second-order valence-electron chi connectivity index (χ2n) is 5.16. The fourth-order valence-corrected chi connectivity index (χ4v) is 1.73. The lowest BCUT2D eigenvalue weighted by Crippen LogP contribution is -2.39. The van der Waals surface area contributed by atoms with Crippen LogP contribution in [0.1, 0.15) is 19.4 Å². The molecule has 6 nitrogen and oxygen atoms in total. The summed E-state index contributed by atoms with van der Waals surface area (Å²) < 4.78 is 5.60. The lowest BCUT2D eigenvalue weighted by atomic mass is 10.1. The Morgan fingerprint density at radius 3 is 2.57 bits per heavy atom. The van der Waals surface area contributed by atoms with Crippen LogP contribution in [-0.4, -0.2) is 22.4 Å². The molecule has 0 aliphatic carbocycles. The average Bonchev–Trinajstić information content (AvgIpc) is 2.55. The summed E-state index contributed by atoms with van der Waals surface area (Å²) in [5.74, 6) is -0.145. The molecule has 1 aromatic carbocycles. The zero-order chi connectivity index (χ0) is 16.9. The van der Waals surface area contributed by atoms with E-state index < -0.39 is 11.6 Å². The minimum absolute atomic E-state index is 0.0498. The maximum atomic E-state index is 12.1. The van der Waals surface area contributed by atoms with E-state index in [1.807, 2.05) is 0 Å². The van der Waals surface area contributed by atoms with Gasteiger partial charge < -0.3 is 15.3 Å². The van der Waals surface area contributed by atoms with Gasteiger partial charge >= 0.3 is 5.97 Å². The van der Waals surface area contributed by atoms with Crippen molar-refractivity contribution < 1.29 is 14.4 Å². The number of hydrogen-bond donors (Lipinski definition) is 1. The molecule has 7 heteroatoms. The Morgan fingerprint density at radius 1 is 1.26 bits per heavy atom. The summed E-state index contributed by atoms with van der Waals surface area (Å²) in [6, 6.07) is 10.0. The van der Waals surface area contributed by atoms with Crippen molar-refractivity contribution >= 4 is 23.4 Å². The molecule has 0 radical (unpaired) electrons. The first kappa shape index (κ1) is 16.8. The number of oxime groups is 1. The molecule has 0 saturated heterocycles. The van der Waals surface area contributed by atoms with Gasteiger partial charge in [0.1, 0.15) is 5.75 Å². The van der Waals surface area contributed by atoms with Crippen molar-refractivity contribution in [2.24, 2.45) is 10.9 Å². The van der Waals surface area contributed by atoms with Crippen LogP contribution in [0, 0.1) is 0 Å². The van der Waals surface area contributed by atoms with Crippen molar-refractivity contribution in [3.8, 4) is 5.75 Å². The highest BCUT2D eigenvalue weighted by molar-refractivity contribution is 6.30. The molecule has 1 aromatic heterocycles. The largest absolute Gasteiger partial charge is 0.476 e. The maximum Gasteiger partial charge on any atom is 0.377 e. The zero-order valence-corrected chi connectivity index (χ0v) is 13.4. The van der Waals surface area contributed by atoms with Gasteiger partial charge in [0, 0.05) is 23.0 Å². The summed E-state index contributed by atoms with van der Waals surface area (Å²) in [4.78, 5) is 20.9. The lowest BCUT2D eigenvalue weighted by molar-refractivity contribution is -0.159. The highest BCUT2D eigenvalue weighted by atomic mass is 35.5. The first-order valence-electron chi connectivity index (χ1n) is 6.78. The molecule has 2 aromatic rings. The van der Waals surface area contributed by atoms with E-state index in [4.69, 9.17) is 26.9 Å². The number of amidine groups is 1. The molecule has 0 fully saturated rings. The molecule has 0 spiro atoms. The Balaban J connectivity index is 2.02. The van der Waals surface area contributed by atoms with E-state index in [-0.39, 0.29) is 5.84 Å². The van der Waals surface area contributed by atoms with Gasteiger partial charge in [-0.05, 0) is 50.2 Å². The van der Waals surface area contributed by atoms with Crippen molar-refractivity contribution in [2.45, 2.75) is 19.4 Å². The summed E-state index contributed by atoms with van der Waals surface area (Å²) >= 11 is 5.80. The van der Waals surface area contributed by atoms with E-state index >= 15 is 0 Å². The van der Waals surface area contributed by atoms with Crippen LogP contribution in [0.15, 0.2) is 53.9 Å². The van der Waals surface area contributed by atoms with Crippen LogP contribution in [0.25, 0.3) is 0 Å². The summed E-state index contributed by atoms with van der Waals surface area (Å²) in [5, 5.41) is 4.20. The number of pyridine rings is 1. The maximum absolute atomic E-state index is 12.1. The number of benzene rings is 1. The van der Waals surface area contributed by atoms with Gasteiger partial charge in [0.05, 0.1) is 0 Å². The monoisotopic (exact) mass is 333 g/mol. The minimum Gasteiger partial charge on any atom is -0.476 e. The molecule has 0 atom stereocenters. The second kappa shape index (κ2) is 7.11. The normalized spacial score (nSPS) is 11.9. The molecule has 1 heterocycles. The number of nitrogens with two attached hydrogens (primary N) is 1. The number of hydrogen-bond acceptors (Lipinski definition) is 5. The summed E-state index contributed by atoms with van der Waals surface area (Å²) in [6.45, 7) is 3.14. The Hall–Kier alpha value is -2.60. The third-order valence-corrected chi connectivity index (χ3v) is 3.11. The number of nitrogens with zero attached hydrogens (tertiary/aromatic N) is 2. The third-order valence-electron chi connectivity index (χ3n) is 2.86. The summed E-state index contributed by atoms with van der Waals surface area (Å²) in [6.07, 6.45) is 3.12. The molecule has 2 rings (SSSR count). The van der Waals surface area contributed by atoms with Crippen molar-refractivity contribution in [3.05, 3.63) is 59.4 Å². The van der Waals surface area contributed by atoms with Gasteiger partial charge in [-0.25, -0.2) is 4.79 Å². The second-order valence-corrected chi connectivity index (χ2v) is 5.60. The Bertz CT molecular complexity index is 700. The minimum atomic E-state index is -1.24. The van der Waals surface area contributed by atoms with E-state index in [1.54, 1.807) is 56.4 Å². The fraction of sp³-hybridized carbons (Fsp3) is 0.188. The molecule has 0 aliphatic rings. The first-order valence-corrected chi connectivity index (χ1v) is 7.16. The van der Waals surface area contributed by atoms with Gasteiger partial charge in [-0.1, -0.05) is 16.8 Å². The zero-order valence-electron chi connectivity index (χ0n) is 12.7. The highest BCUT2D eigenvalue weighted by Gasteiger charge is 2.32. The van der Waals surface area contributed by atoms with E-state index in [2.05, 4.69) is 10.1 Å². The molecule has 0 amide bonds. The smallest absolute Gasteiger partial charge is 0.377 e. The number of carbonyl (C=O) groups excluding carboxylic acids is 1. The number of carbonyl (C=O) groups is 1. The van der Waals surface area contributed by atoms with Crippen molar-refractivity contribution in [3.63, 3.8) is 0 Å². The standard InChI is InChI=1S/C16H16ClN3O3/c1-16(2,22-13-7-5-12(17)6-8-13)15(21)23-20-14(18)11-4-3-9-19-10-11/h3-10H,1-2H3,(H2,18,20). The molecule has 0 aliphatic heterocycles. The van der Waals surface area contributed by atoms with Gasteiger partial charge in [0.15, 0.2) is 5.84 Å². The Morgan fingerprint density at radius 2 is 1.96 bits per heavy atom. The van der Waals surface area contributed by atoms with Crippen LogP contribution < -0.4 is 10.5 Å². The van der Waals surface area contributed by atoms with Crippen LogP contribution in [0.5, 0.6) is 5.75 Å². The van der Waals surface area contributed by atoms with Gasteiger partial charge in [0.2, 0.25) is 5.60 Å². The molecule has 23 heavy (non-hydrogen) atoms. The Kier molecular flexibility index (Phi) is 5.18. The number of halogens is 1. The topological polar surface area (TPSA) is 86.8 Å². The van der Waals surface area contributed by atoms with Gasteiger partial charge in [-0.15, -0.1) is 0 Å². The summed E-state index contributed by atoms with van der Waals surface area (Å²) in [5.41, 5.74) is 5.04. The summed E-state index contributed by atoms with van der Waals surface area (Å²) in [7, 11) is 0. The molecule has 0 unspecified atom stereocenters. The van der Waals surface area contributed by atoms with Crippen LogP contribution in [0.3, 0.4) is 0 Å². The third kappa shape index (κ3) is 4.69. The highest BCUT2D eigenvalue weighted by Crippen LogP contribution is 2.21. The van der Waals surface area contributed by atoms with Gasteiger partial charge in [0.25, 0.3) is 0 Å². The number of rotatable bonds is 5. The predicted octanol–water partition coefficient (Wildman–Crippen LogP) is 2.76. The predicted molar refractivity (Wildman–Crippen MR) is 87.2 cm³/mol. The first-order chi connectivity index (χ1) is 10.9. The van der Waals surface area contributed by atoms with Crippen LogP contribution >= 0.6 is 11.6 Å². The van der Waals surface area contributed by atoms with Gasteiger partial charge in [-0.2, -0.15) is 0 Å². The molecule has 0 bridgehead atoms. The van der Waals surface area contributed by atoms with Crippen molar-refractivity contribution in [1.29, 1.82) is 0 Å². The molecular weight excluding hydrogens is 318 g/mol. The molecule has 0 saturated carbocycles. The Labute approximate surface area is 138 Å². The van der Waals surface area contributed by atoms with E-state index in [1.165, 1.54) is 6.20 Å². The van der Waals surface area contributed by atoms with Gasteiger partial charge in [-0.3, -0.25) is 4.98 Å². The van der Waals surface area contributed by atoms with Crippen molar-refractivity contribution in [2.75, 3.05) is 0 Å². The number of ether oxygens (including phenoxy) is 1.